The predicted molar refractivity (Wildman–Crippen MR) is 69.3 cm³/mol. The third-order valence-electron chi connectivity index (χ3n) is 2.66. The number of hydrogen-bond donors (Lipinski definition) is 1. The third-order valence-corrected chi connectivity index (χ3v) is 2.66. The Labute approximate surface area is 119 Å². The minimum Gasteiger partial charge on any atom is -0.481 e. The van der Waals surface area contributed by atoms with E-state index in [0.717, 1.165) is 0 Å². The number of ketones is 1. The van der Waals surface area contributed by atoms with Crippen LogP contribution in [-0.2, 0) is 25.7 Å². The van der Waals surface area contributed by atoms with Crippen molar-refractivity contribution < 1.29 is 29.2 Å². The summed E-state index contributed by atoms with van der Waals surface area (Å²) in [7, 11) is 0. The lowest BCUT2D eigenvalue weighted by Crippen LogP contribution is -2.22. The number of aliphatic carboxylic acids is 1. The number of nitro groups is 1. The van der Waals surface area contributed by atoms with Crippen LogP contribution >= 0.6 is 0 Å². The van der Waals surface area contributed by atoms with Gasteiger partial charge in [-0.25, -0.2) is 4.79 Å². The molecule has 1 rings (SSSR count). The van der Waals surface area contributed by atoms with E-state index in [1.165, 1.54) is 31.2 Å². The zero-order valence-electron chi connectivity index (χ0n) is 11.1. The Morgan fingerprint density at radius 1 is 1.29 bits per heavy atom. The van der Waals surface area contributed by atoms with Crippen molar-refractivity contribution in [2.24, 2.45) is 5.92 Å². The molecule has 0 aliphatic rings. The Hall–Kier alpha value is -2.77. The molecule has 0 bridgehead atoms. The van der Waals surface area contributed by atoms with Crippen LogP contribution in [0.1, 0.15) is 18.9 Å². The van der Waals surface area contributed by atoms with Crippen molar-refractivity contribution >= 4 is 23.4 Å². The summed E-state index contributed by atoms with van der Waals surface area (Å²) >= 11 is 0. The summed E-state index contributed by atoms with van der Waals surface area (Å²) in [4.78, 5) is 43.2. The van der Waals surface area contributed by atoms with Gasteiger partial charge >= 0.3 is 11.9 Å². The van der Waals surface area contributed by atoms with Gasteiger partial charge in [-0.2, -0.15) is 0 Å². The van der Waals surface area contributed by atoms with Crippen molar-refractivity contribution in [2.45, 2.75) is 20.0 Å². The number of esters is 1. The normalized spacial score (nSPS) is 11.5. The number of nitrogens with zero attached hydrogens (tertiary/aromatic N) is 1. The number of non-ortho nitro benzene ring substituents is 1. The van der Waals surface area contributed by atoms with Gasteiger partial charge in [0.25, 0.3) is 5.69 Å². The van der Waals surface area contributed by atoms with Gasteiger partial charge < -0.3 is 9.84 Å². The fraction of sp³-hybridized carbons (Fsp3) is 0.308. The number of nitro benzene ring substituents is 1. The van der Waals surface area contributed by atoms with Gasteiger partial charge in [-0.3, -0.25) is 19.7 Å². The number of carbonyl (C=O) groups excluding carboxylic acids is 2. The number of carboxylic acids is 1. The maximum atomic E-state index is 11.4. The summed E-state index contributed by atoms with van der Waals surface area (Å²) in [6.07, 6.45) is -0.436. The van der Waals surface area contributed by atoms with Gasteiger partial charge in [0.15, 0.2) is 0 Å². The Balaban J connectivity index is 2.50. The largest absolute Gasteiger partial charge is 0.481 e. The molecule has 1 N–H and O–H groups in total. The van der Waals surface area contributed by atoms with Gasteiger partial charge in [-0.1, -0.05) is 6.92 Å². The highest BCUT2D eigenvalue weighted by atomic mass is 16.6. The number of carbonyl (C=O) groups is 3. The Morgan fingerprint density at radius 2 is 1.86 bits per heavy atom. The van der Waals surface area contributed by atoms with Crippen molar-refractivity contribution in [3.63, 3.8) is 0 Å². The molecule has 8 nitrogen and oxygen atoms in total. The van der Waals surface area contributed by atoms with E-state index in [4.69, 9.17) is 9.84 Å². The quantitative estimate of drug-likeness (QED) is 0.348. The van der Waals surface area contributed by atoms with Crippen LogP contribution in [0.5, 0.6) is 0 Å². The van der Waals surface area contributed by atoms with E-state index in [1.54, 1.807) is 0 Å². The lowest BCUT2D eigenvalue weighted by molar-refractivity contribution is -0.384. The number of hydrogen-bond acceptors (Lipinski definition) is 6. The second-order valence-corrected chi connectivity index (χ2v) is 4.37. The fourth-order valence-electron chi connectivity index (χ4n) is 1.39. The van der Waals surface area contributed by atoms with Crippen molar-refractivity contribution in [1.29, 1.82) is 0 Å². The number of benzene rings is 1. The first-order valence-corrected chi connectivity index (χ1v) is 5.97. The second kappa shape index (κ2) is 7.13. The maximum Gasteiger partial charge on any atom is 0.374 e. The maximum absolute atomic E-state index is 11.4. The molecule has 1 atom stereocenters. The molecule has 0 fully saturated rings. The van der Waals surface area contributed by atoms with Crippen LogP contribution < -0.4 is 0 Å². The van der Waals surface area contributed by atoms with Gasteiger partial charge in [-0.15, -0.1) is 0 Å². The Morgan fingerprint density at radius 3 is 2.33 bits per heavy atom. The van der Waals surface area contributed by atoms with E-state index in [0.29, 0.717) is 5.56 Å². The summed E-state index contributed by atoms with van der Waals surface area (Å²) < 4.78 is 4.72. The number of Topliss-reactive ketones (excluding diaryl/α,β-unsaturated/α-hetero) is 1. The van der Waals surface area contributed by atoms with Crippen LogP contribution in [0, 0.1) is 16.0 Å². The van der Waals surface area contributed by atoms with E-state index >= 15 is 0 Å². The van der Waals surface area contributed by atoms with Crippen LogP contribution in [0.15, 0.2) is 24.3 Å². The average Bonchev–Trinajstić information content (AvgIpc) is 2.44. The monoisotopic (exact) mass is 295 g/mol. The van der Waals surface area contributed by atoms with Crippen molar-refractivity contribution in [3.05, 3.63) is 39.9 Å². The van der Waals surface area contributed by atoms with Crippen molar-refractivity contribution in [2.75, 3.05) is 0 Å². The molecule has 0 amide bonds. The summed E-state index contributed by atoms with van der Waals surface area (Å²) in [5, 5.41) is 19.1. The van der Waals surface area contributed by atoms with E-state index in [9.17, 15) is 24.5 Å². The molecule has 1 aromatic rings. The van der Waals surface area contributed by atoms with Crippen molar-refractivity contribution in [3.8, 4) is 0 Å². The first kappa shape index (κ1) is 16.3. The molecule has 0 saturated heterocycles. The first-order valence-electron chi connectivity index (χ1n) is 5.97. The molecular weight excluding hydrogens is 282 g/mol. The minimum atomic E-state index is -1.17. The molecule has 0 spiro atoms. The van der Waals surface area contributed by atoms with Crippen LogP contribution in [-0.4, -0.2) is 27.8 Å². The minimum absolute atomic E-state index is 0.101. The summed E-state index contributed by atoms with van der Waals surface area (Å²) in [6.45, 7) is 1.09. The van der Waals surface area contributed by atoms with Gasteiger partial charge in [0.05, 0.1) is 10.8 Å². The number of ether oxygens (including phenoxy) is 1. The lowest BCUT2D eigenvalue weighted by atomic mass is 10.1. The average molecular weight is 295 g/mol. The topological polar surface area (TPSA) is 124 Å². The van der Waals surface area contributed by atoms with Crippen molar-refractivity contribution in [1.82, 2.24) is 0 Å². The molecule has 112 valence electrons. The summed E-state index contributed by atoms with van der Waals surface area (Å²) in [6, 6.07) is 5.29. The number of rotatable bonds is 7. The van der Waals surface area contributed by atoms with E-state index in [1.807, 2.05) is 0 Å². The standard InChI is InChI=1S/C13H13NO7/c1-8(12(16)17)6-11(15)13(18)21-7-9-2-4-10(5-3-9)14(19)20/h2-5,8H,6-7H2,1H3,(H,16,17). The Kier molecular flexibility index (Phi) is 5.53. The molecule has 0 heterocycles. The lowest BCUT2D eigenvalue weighted by Gasteiger charge is -2.06. The fourth-order valence-corrected chi connectivity index (χ4v) is 1.39. The molecule has 0 saturated carbocycles. The molecule has 0 aliphatic carbocycles. The summed E-state index contributed by atoms with van der Waals surface area (Å²) in [5.41, 5.74) is 0.379. The van der Waals surface area contributed by atoms with Crippen LogP contribution in [0.25, 0.3) is 0 Å². The highest BCUT2D eigenvalue weighted by Gasteiger charge is 2.22. The molecule has 1 unspecified atom stereocenters. The van der Waals surface area contributed by atoms with Gasteiger partial charge in [0.1, 0.15) is 6.61 Å². The predicted octanol–water partition coefficient (Wildman–Crippen LogP) is 1.32. The molecular formula is C13H13NO7. The number of carboxylic acid groups (broad SMARTS) is 1. The first-order chi connectivity index (χ1) is 9.81. The zero-order valence-corrected chi connectivity index (χ0v) is 11.1. The third kappa shape index (κ3) is 5.01. The highest BCUT2D eigenvalue weighted by Crippen LogP contribution is 2.13. The SMILES string of the molecule is CC(CC(=O)C(=O)OCc1ccc([N+](=O)[O-])cc1)C(=O)O. The van der Waals surface area contributed by atoms with E-state index in [-0.39, 0.29) is 12.3 Å². The van der Waals surface area contributed by atoms with Crippen LogP contribution in [0.2, 0.25) is 0 Å². The molecule has 21 heavy (non-hydrogen) atoms. The zero-order chi connectivity index (χ0) is 16.0. The second-order valence-electron chi connectivity index (χ2n) is 4.37. The van der Waals surface area contributed by atoms with Gasteiger partial charge in [-0.05, 0) is 17.7 Å². The van der Waals surface area contributed by atoms with E-state index < -0.39 is 35.0 Å². The smallest absolute Gasteiger partial charge is 0.374 e. The van der Waals surface area contributed by atoms with Crippen LogP contribution in [0.3, 0.4) is 0 Å². The molecule has 0 aliphatic heterocycles. The van der Waals surface area contributed by atoms with Gasteiger partial charge in [0, 0.05) is 18.6 Å². The van der Waals surface area contributed by atoms with Crippen LogP contribution in [0.4, 0.5) is 5.69 Å². The highest BCUT2D eigenvalue weighted by molar-refractivity contribution is 6.33. The summed E-state index contributed by atoms with van der Waals surface area (Å²) in [5.74, 6) is -4.19. The molecule has 0 radical (unpaired) electrons. The molecule has 1 aromatic carbocycles. The van der Waals surface area contributed by atoms with Gasteiger partial charge in [0.2, 0.25) is 5.78 Å². The molecule has 0 aromatic heterocycles. The Bertz CT molecular complexity index is 564. The van der Waals surface area contributed by atoms with E-state index in [2.05, 4.69) is 0 Å². The molecule has 8 heteroatoms.